The monoisotopic (exact) mass is 432 g/mol. The van der Waals surface area contributed by atoms with Gasteiger partial charge in [0, 0.05) is 36.1 Å². The van der Waals surface area contributed by atoms with Crippen molar-refractivity contribution in [1.82, 2.24) is 19.7 Å². The Morgan fingerprint density at radius 3 is 2.84 bits per heavy atom. The molecule has 2 N–H and O–H groups in total. The molecule has 0 saturated heterocycles. The van der Waals surface area contributed by atoms with Crippen LogP contribution in [0.15, 0.2) is 41.7 Å². The Labute approximate surface area is 185 Å². The predicted octanol–water partition coefficient (Wildman–Crippen LogP) is 3.96. The van der Waals surface area contributed by atoms with Crippen LogP contribution in [0.4, 0.5) is 10.2 Å². The third-order valence-electron chi connectivity index (χ3n) is 5.56. The average Bonchev–Trinajstić information content (AvgIpc) is 3.25. The number of allylic oxidation sites excluding steroid dienone is 1. The molecule has 2 aliphatic rings. The molecule has 3 aromatic rings. The zero-order valence-corrected chi connectivity index (χ0v) is 18.1. The molecule has 0 spiro atoms. The van der Waals surface area contributed by atoms with Crippen molar-refractivity contribution in [2.45, 2.75) is 32.7 Å². The average molecular weight is 433 g/mol. The largest absolute Gasteiger partial charge is 0.367 e. The van der Waals surface area contributed by atoms with Crippen LogP contribution in [-0.2, 0) is 0 Å². The minimum absolute atomic E-state index is 0.0596. The Kier molecular flexibility index (Phi) is 5.20. The molecule has 1 aliphatic heterocycles. The Morgan fingerprint density at radius 1 is 1.31 bits per heavy atom. The quantitative estimate of drug-likeness (QED) is 0.592. The Hall–Kier alpha value is -3.55. The maximum Gasteiger partial charge on any atom is 0.254 e. The molecule has 7 nitrogen and oxygen atoms in total. The summed E-state index contributed by atoms with van der Waals surface area (Å²) in [5, 5.41) is 6.22. The van der Waals surface area contributed by atoms with Crippen LogP contribution in [0.25, 0.3) is 22.5 Å². The number of carbonyl (C=O) groups is 1. The number of aliphatic imine (C=N–C) groups is 1. The summed E-state index contributed by atoms with van der Waals surface area (Å²) in [7, 11) is 0. The van der Waals surface area contributed by atoms with Gasteiger partial charge in [0.2, 0.25) is 0 Å². The molecule has 0 bridgehead atoms. The number of halogens is 1. The molecule has 1 aromatic carbocycles. The van der Waals surface area contributed by atoms with Crippen molar-refractivity contribution in [3.63, 3.8) is 0 Å². The maximum absolute atomic E-state index is 14.8. The van der Waals surface area contributed by atoms with Crippen molar-refractivity contribution >= 4 is 29.2 Å². The van der Waals surface area contributed by atoms with Gasteiger partial charge >= 0.3 is 0 Å². The SMILES string of the molecule is CC(C)CNc1nc(C2=CC=NC2)cn2c(-c3ccc(C(=O)NC4CC4)c(F)c3)cnc12. The fourth-order valence-electron chi connectivity index (χ4n) is 3.64. The molecule has 5 rings (SSSR count). The number of carbonyl (C=O) groups excluding carboxylic acids is 1. The van der Waals surface area contributed by atoms with Crippen LogP contribution in [0.3, 0.4) is 0 Å². The topological polar surface area (TPSA) is 83.7 Å². The highest BCUT2D eigenvalue weighted by molar-refractivity contribution is 5.95. The normalized spacial score (nSPS) is 15.4. The van der Waals surface area contributed by atoms with Crippen LogP contribution in [0, 0.1) is 11.7 Å². The molecule has 32 heavy (non-hydrogen) atoms. The summed E-state index contributed by atoms with van der Waals surface area (Å²) in [6.45, 7) is 5.58. The van der Waals surface area contributed by atoms with Gasteiger partial charge in [0.05, 0.1) is 29.7 Å². The third kappa shape index (κ3) is 4.00. The number of amides is 1. The lowest BCUT2D eigenvalue weighted by Gasteiger charge is -2.13. The highest BCUT2D eigenvalue weighted by Crippen LogP contribution is 2.28. The zero-order chi connectivity index (χ0) is 22.2. The minimum Gasteiger partial charge on any atom is -0.367 e. The van der Waals surface area contributed by atoms with Crippen molar-refractivity contribution in [3.8, 4) is 11.3 Å². The lowest BCUT2D eigenvalue weighted by atomic mass is 10.1. The number of aromatic nitrogens is 3. The molecule has 0 atom stereocenters. The molecular weight excluding hydrogens is 407 g/mol. The molecule has 2 aromatic heterocycles. The van der Waals surface area contributed by atoms with E-state index < -0.39 is 5.82 Å². The molecule has 0 unspecified atom stereocenters. The van der Waals surface area contributed by atoms with Gasteiger partial charge in [-0.25, -0.2) is 14.4 Å². The molecule has 3 heterocycles. The van der Waals surface area contributed by atoms with E-state index in [1.165, 1.54) is 12.1 Å². The van der Waals surface area contributed by atoms with Crippen molar-refractivity contribution in [2.24, 2.45) is 10.9 Å². The highest BCUT2D eigenvalue weighted by Gasteiger charge is 2.25. The Morgan fingerprint density at radius 2 is 2.16 bits per heavy atom. The summed E-state index contributed by atoms with van der Waals surface area (Å²) < 4.78 is 16.8. The van der Waals surface area contributed by atoms with E-state index in [1.54, 1.807) is 18.5 Å². The Bertz CT molecular complexity index is 1250. The molecule has 8 heteroatoms. The number of fused-ring (bicyclic) bond motifs is 1. The number of rotatable bonds is 7. The van der Waals surface area contributed by atoms with Crippen LogP contribution in [0.1, 0.15) is 42.7 Å². The highest BCUT2D eigenvalue weighted by atomic mass is 19.1. The number of hydrogen-bond acceptors (Lipinski definition) is 5. The minimum atomic E-state index is -0.546. The van der Waals surface area contributed by atoms with Gasteiger partial charge in [0.1, 0.15) is 5.82 Å². The van der Waals surface area contributed by atoms with Crippen LogP contribution in [-0.4, -0.2) is 45.6 Å². The second kappa shape index (κ2) is 8.18. The van der Waals surface area contributed by atoms with E-state index >= 15 is 0 Å². The van der Waals surface area contributed by atoms with E-state index in [9.17, 15) is 9.18 Å². The standard InChI is InChI=1S/C24H25FN6O/c1-14(2)10-27-22-23-28-12-21(31(23)13-20(30-22)16-7-8-26-11-16)15-3-6-18(19(25)9-15)24(32)29-17-4-5-17/h3,6-9,12-14,17H,4-5,10-11H2,1-2H3,(H,27,30)(H,29,32). The number of benzene rings is 1. The van der Waals surface area contributed by atoms with Crippen LogP contribution < -0.4 is 10.6 Å². The molecule has 1 fully saturated rings. The third-order valence-corrected chi connectivity index (χ3v) is 5.56. The Balaban J connectivity index is 1.55. The number of hydrogen-bond donors (Lipinski definition) is 2. The summed E-state index contributed by atoms with van der Waals surface area (Å²) in [4.78, 5) is 25.9. The van der Waals surface area contributed by atoms with Crippen molar-refractivity contribution in [3.05, 3.63) is 53.7 Å². The summed E-state index contributed by atoms with van der Waals surface area (Å²) in [5.41, 5.74) is 3.90. The first-order chi connectivity index (χ1) is 15.5. The smallest absolute Gasteiger partial charge is 0.254 e. The van der Waals surface area contributed by atoms with E-state index in [2.05, 4.69) is 34.5 Å². The molecule has 1 aliphatic carbocycles. The van der Waals surface area contributed by atoms with E-state index in [0.29, 0.717) is 29.5 Å². The van der Waals surface area contributed by atoms with Gasteiger partial charge in [0.25, 0.3) is 5.91 Å². The molecule has 0 radical (unpaired) electrons. The van der Waals surface area contributed by atoms with Crippen LogP contribution in [0.5, 0.6) is 0 Å². The first-order valence-corrected chi connectivity index (χ1v) is 10.9. The van der Waals surface area contributed by atoms with Gasteiger partial charge in [-0.05, 0) is 37.0 Å². The maximum atomic E-state index is 14.8. The molecule has 1 amide bonds. The summed E-state index contributed by atoms with van der Waals surface area (Å²) >= 11 is 0. The van der Waals surface area contributed by atoms with Crippen LogP contribution >= 0.6 is 0 Å². The van der Waals surface area contributed by atoms with Crippen molar-refractivity contribution in [2.75, 3.05) is 18.4 Å². The van der Waals surface area contributed by atoms with Crippen LogP contribution in [0.2, 0.25) is 0 Å². The van der Waals surface area contributed by atoms with E-state index in [4.69, 9.17) is 4.98 Å². The van der Waals surface area contributed by atoms with Gasteiger partial charge in [-0.3, -0.25) is 14.2 Å². The number of nitrogens with zero attached hydrogens (tertiary/aromatic N) is 4. The van der Waals surface area contributed by atoms with Gasteiger partial charge in [-0.1, -0.05) is 19.9 Å². The number of imidazole rings is 1. The fraction of sp³-hybridized carbons (Fsp3) is 0.333. The summed E-state index contributed by atoms with van der Waals surface area (Å²) in [6.07, 6.45) is 9.25. The zero-order valence-electron chi connectivity index (χ0n) is 18.1. The molecular formula is C24H25FN6O. The summed E-state index contributed by atoms with van der Waals surface area (Å²) in [6, 6.07) is 4.87. The fourth-order valence-corrected chi connectivity index (χ4v) is 3.64. The van der Waals surface area contributed by atoms with E-state index in [-0.39, 0.29) is 17.5 Å². The number of anilines is 1. The lowest BCUT2D eigenvalue weighted by Crippen LogP contribution is -2.26. The van der Waals surface area contributed by atoms with E-state index in [0.717, 1.165) is 36.3 Å². The van der Waals surface area contributed by atoms with Crippen molar-refractivity contribution in [1.29, 1.82) is 0 Å². The number of nitrogens with one attached hydrogen (secondary N) is 2. The van der Waals surface area contributed by atoms with Gasteiger partial charge in [-0.2, -0.15) is 0 Å². The molecule has 164 valence electrons. The van der Waals surface area contributed by atoms with E-state index in [1.807, 2.05) is 16.7 Å². The van der Waals surface area contributed by atoms with Gasteiger partial charge in [-0.15, -0.1) is 0 Å². The summed E-state index contributed by atoms with van der Waals surface area (Å²) in [5.74, 6) is 0.202. The van der Waals surface area contributed by atoms with Crippen molar-refractivity contribution < 1.29 is 9.18 Å². The first-order valence-electron chi connectivity index (χ1n) is 10.9. The first kappa shape index (κ1) is 20.4. The molecule has 1 saturated carbocycles. The second-order valence-corrected chi connectivity index (χ2v) is 8.71. The predicted molar refractivity (Wildman–Crippen MR) is 124 cm³/mol. The van der Waals surface area contributed by atoms with Gasteiger partial charge < -0.3 is 10.6 Å². The van der Waals surface area contributed by atoms with Gasteiger partial charge in [0.15, 0.2) is 11.5 Å². The second-order valence-electron chi connectivity index (χ2n) is 8.71. The lowest BCUT2D eigenvalue weighted by molar-refractivity contribution is 0.0947.